The van der Waals surface area contributed by atoms with Gasteiger partial charge in [-0.25, -0.2) is 0 Å². The monoisotopic (exact) mass is 391 g/mol. The summed E-state index contributed by atoms with van der Waals surface area (Å²) in [6.07, 6.45) is 4.98. The van der Waals surface area contributed by atoms with E-state index in [1.54, 1.807) is 11.6 Å². The average Bonchev–Trinajstić information content (AvgIpc) is 3.09. The lowest BCUT2D eigenvalue weighted by Gasteiger charge is -2.36. The number of fused-ring (bicyclic) bond motifs is 1. The molecule has 3 heterocycles. The Morgan fingerprint density at radius 2 is 2.08 bits per heavy atom. The van der Waals surface area contributed by atoms with Crippen molar-refractivity contribution in [2.75, 3.05) is 18.6 Å². The Morgan fingerprint density at radius 1 is 1.23 bits per heavy atom. The van der Waals surface area contributed by atoms with E-state index in [1.807, 2.05) is 18.2 Å². The van der Waals surface area contributed by atoms with Crippen molar-refractivity contribution in [2.24, 2.45) is 0 Å². The SMILES string of the molecule is COc1ccc(-c2c(Cl)nc3ncnn3c2N2CCCCC2C)cc1Cl. The molecule has 1 fully saturated rings. The zero-order chi connectivity index (χ0) is 18.3. The maximum absolute atomic E-state index is 6.60. The molecule has 8 heteroatoms. The third-order valence-corrected chi connectivity index (χ3v) is 5.44. The number of hydrogen-bond donors (Lipinski definition) is 0. The van der Waals surface area contributed by atoms with Crippen molar-refractivity contribution in [1.82, 2.24) is 19.6 Å². The van der Waals surface area contributed by atoms with E-state index in [-0.39, 0.29) is 0 Å². The van der Waals surface area contributed by atoms with Gasteiger partial charge in [-0.3, -0.25) is 0 Å². The minimum atomic E-state index is 0.377. The summed E-state index contributed by atoms with van der Waals surface area (Å²) < 4.78 is 7.03. The standard InChI is InChI=1S/C18H19Cl2N5O/c1-11-5-3-4-8-24(11)17-15(12-6-7-14(26-2)13(19)9-12)16(20)23-18-21-10-22-25(17)18/h6-7,9-11H,3-5,8H2,1-2H3. The molecular weight excluding hydrogens is 373 g/mol. The van der Waals surface area contributed by atoms with Gasteiger partial charge in [0.15, 0.2) is 0 Å². The minimum Gasteiger partial charge on any atom is -0.495 e. The van der Waals surface area contributed by atoms with E-state index in [9.17, 15) is 0 Å². The van der Waals surface area contributed by atoms with Crippen molar-refractivity contribution in [1.29, 1.82) is 0 Å². The van der Waals surface area contributed by atoms with Crippen molar-refractivity contribution in [3.8, 4) is 16.9 Å². The van der Waals surface area contributed by atoms with E-state index in [0.29, 0.717) is 27.7 Å². The second-order valence-electron chi connectivity index (χ2n) is 6.46. The number of methoxy groups -OCH3 is 1. The molecule has 136 valence electrons. The van der Waals surface area contributed by atoms with Gasteiger partial charge in [0.2, 0.25) is 0 Å². The second kappa shape index (κ2) is 6.93. The van der Waals surface area contributed by atoms with Crippen LogP contribution >= 0.6 is 23.2 Å². The van der Waals surface area contributed by atoms with Crippen LogP contribution in [0.4, 0.5) is 5.82 Å². The first-order valence-electron chi connectivity index (χ1n) is 8.60. The maximum atomic E-state index is 6.60. The van der Waals surface area contributed by atoms with Gasteiger partial charge in [-0.05, 0) is 43.9 Å². The Labute approximate surface area is 161 Å². The van der Waals surface area contributed by atoms with Crippen LogP contribution in [0.3, 0.4) is 0 Å². The Morgan fingerprint density at radius 3 is 2.81 bits per heavy atom. The highest BCUT2D eigenvalue weighted by Crippen LogP contribution is 2.40. The van der Waals surface area contributed by atoms with Crippen LogP contribution in [-0.4, -0.2) is 39.3 Å². The summed E-state index contributed by atoms with van der Waals surface area (Å²) in [6, 6.07) is 6.00. The van der Waals surface area contributed by atoms with Gasteiger partial charge in [-0.2, -0.15) is 19.6 Å². The highest BCUT2D eigenvalue weighted by molar-refractivity contribution is 6.34. The highest BCUT2D eigenvalue weighted by Gasteiger charge is 2.27. The van der Waals surface area contributed by atoms with Crippen LogP contribution in [0, 0.1) is 0 Å². The zero-order valence-corrected chi connectivity index (χ0v) is 16.1. The lowest BCUT2D eigenvalue weighted by atomic mass is 10.0. The van der Waals surface area contributed by atoms with Crippen molar-refractivity contribution >= 4 is 34.8 Å². The minimum absolute atomic E-state index is 0.377. The normalized spacial score (nSPS) is 17.7. The van der Waals surface area contributed by atoms with E-state index in [2.05, 4.69) is 26.9 Å². The first-order chi connectivity index (χ1) is 12.6. The Balaban J connectivity index is 1.97. The van der Waals surface area contributed by atoms with E-state index in [4.69, 9.17) is 27.9 Å². The molecule has 0 aliphatic carbocycles. The van der Waals surface area contributed by atoms with Gasteiger partial charge < -0.3 is 9.64 Å². The summed E-state index contributed by atoms with van der Waals surface area (Å²) in [5.74, 6) is 2.02. The molecule has 0 amide bonds. The van der Waals surface area contributed by atoms with E-state index in [1.165, 1.54) is 12.7 Å². The van der Waals surface area contributed by atoms with Crippen molar-refractivity contribution in [2.45, 2.75) is 32.2 Å². The molecule has 1 aromatic carbocycles. The van der Waals surface area contributed by atoms with Gasteiger partial charge in [0.1, 0.15) is 23.0 Å². The molecule has 0 radical (unpaired) electrons. The van der Waals surface area contributed by atoms with E-state index < -0.39 is 0 Å². The number of rotatable bonds is 3. The zero-order valence-electron chi connectivity index (χ0n) is 14.6. The van der Waals surface area contributed by atoms with Gasteiger partial charge in [0.25, 0.3) is 5.78 Å². The number of piperidine rings is 1. The van der Waals surface area contributed by atoms with E-state index in [0.717, 1.165) is 36.3 Å². The van der Waals surface area contributed by atoms with Gasteiger partial charge >= 0.3 is 0 Å². The Hall–Kier alpha value is -2.05. The van der Waals surface area contributed by atoms with Crippen LogP contribution in [0.2, 0.25) is 10.2 Å². The third kappa shape index (κ3) is 2.87. The molecule has 1 atom stereocenters. The fraction of sp³-hybridized carbons (Fsp3) is 0.389. The predicted octanol–water partition coefficient (Wildman–Crippen LogP) is 4.49. The number of anilines is 1. The van der Waals surface area contributed by atoms with E-state index >= 15 is 0 Å². The molecule has 0 saturated carbocycles. The maximum Gasteiger partial charge on any atom is 0.255 e. The van der Waals surface area contributed by atoms with Crippen LogP contribution in [0.1, 0.15) is 26.2 Å². The number of aromatic nitrogens is 4. The number of nitrogens with zero attached hydrogens (tertiary/aromatic N) is 5. The van der Waals surface area contributed by atoms with Crippen molar-refractivity contribution in [3.05, 3.63) is 34.7 Å². The Kier molecular flexibility index (Phi) is 4.63. The van der Waals surface area contributed by atoms with Crippen molar-refractivity contribution < 1.29 is 4.74 Å². The second-order valence-corrected chi connectivity index (χ2v) is 7.23. The summed E-state index contributed by atoms with van der Waals surface area (Å²) in [5, 5.41) is 5.31. The molecule has 6 nitrogen and oxygen atoms in total. The predicted molar refractivity (Wildman–Crippen MR) is 103 cm³/mol. The first kappa shape index (κ1) is 17.4. The smallest absolute Gasteiger partial charge is 0.255 e. The molecular formula is C18H19Cl2N5O. The van der Waals surface area contributed by atoms with Crippen LogP contribution in [0.25, 0.3) is 16.9 Å². The molecule has 1 saturated heterocycles. The molecule has 0 spiro atoms. The molecule has 0 bridgehead atoms. The average molecular weight is 392 g/mol. The molecule has 1 aliphatic rings. The number of benzene rings is 1. The molecule has 1 unspecified atom stereocenters. The summed E-state index contributed by atoms with van der Waals surface area (Å²) in [7, 11) is 1.59. The van der Waals surface area contributed by atoms with Gasteiger partial charge in [0.05, 0.1) is 17.7 Å². The molecule has 1 aliphatic heterocycles. The van der Waals surface area contributed by atoms with Gasteiger partial charge in [-0.1, -0.05) is 29.3 Å². The molecule has 26 heavy (non-hydrogen) atoms. The van der Waals surface area contributed by atoms with Crippen molar-refractivity contribution in [3.63, 3.8) is 0 Å². The topological polar surface area (TPSA) is 55.6 Å². The summed E-state index contributed by atoms with van der Waals surface area (Å²) in [6.45, 7) is 3.16. The molecule has 2 aromatic heterocycles. The fourth-order valence-corrected chi connectivity index (χ4v) is 4.08. The van der Waals surface area contributed by atoms with Crippen LogP contribution < -0.4 is 9.64 Å². The van der Waals surface area contributed by atoms with Crippen LogP contribution in [-0.2, 0) is 0 Å². The lowest BCUT2D eigenvalue weighted by molar-refractivity contribution is 0.415. The lowest BCUT2D eigenvalue weighted by Crippen LogP contribution is -2.39. The molecule has 0 N–H and O–H groups in total. The van der Waals surface area contributed by atoms with Gasteiger partial charge in [0, 0.05) is 12.6 Å². The van der Waals surface area contributed by atoms with Crippen LogP contribution in [0.5, 0.6) is 5.75 Å². The fourth-order valence-electron chi connectivity index (χ4n) is 3.55. The quantitative estimate of drug-likeness (QED) is 0.615. The number of hydrogen-bond acceptors (Lipinski definition) is 5. The molecule has 3 aromatic rings. The number of ether oxygens (including phenoxy) is 1. The van der Waals surface area contributed by atoms with Crippen LogP contribution in [0.15, 0.2) is 24.5 Å². The largest absolute Gasteiger partial charge is 0.495 e. The molecule has 4 rings (SSSR count). The first-order valence-corrected chi connectivity index (χ1v) is 9.35. The highest BCUT2D eigenvalue weighted by atomic mass is 35.5. The third-order valence-electron chi connectivity index (χ3n) is 4.87. The summed E-state index contributed by atoms with van der Waals surface area (Å²) in [5.41, 5.74) is 1.68. The Bertz CT molecular complexity index is 958. The summed E-state index contributed by atoms with van der Waals surface area (Å²) in [4.78, 5) is 11.0. The number of halogens is 2. The van der Waals surface area contributed by atoms with Gasteiger partial charge in [-0.15, -0.1) is 0 Å². The summed E-state index contributed by atoms with van der Waals surface area (Å²) >= 11 is 13.0.